The molecule has 0 aliphatic heterocycles. The Morgan fingerprint density at radius 3 is 2.47 bits per heavy atom. The fraction of sp³-hybridized carbons (Fsp3) is 0.714. The molecule has 1 nitrogen and oxygen atoms in total. The summed E-state index contributed by atoms with van der Waals surface area (Å²) < 4.78 is 0. The van der Waals surface area contributed by atoms with Gasteiger partial charge in [-0.05, 0) is 56.9 Å². The molecule has 1 atom stereocenters. The van der Waals surface area contributed by atoms with E-state index in [1.807, 2.05) is 6.92 Å². The Kier molecular flexibility index (Phi) is 3.64. The highest BCUT2D eigenvalue weighted by Gasteiger charge is 2.34. The minimum atomic E-state index is 0.351. The van der Waals surface area contributed by atoms with Gasteiger partial charge in [0.25, 0.3) is 0 Å². The first kappa shape index (κ1) is 12.4. The summed E-state index contributed by atoms with van der Waals surface area (Å²) in [5, 5.41) is 9.34. The van der Waals surface area contributed by atoms with E-state index < -0.39 is 0 Å². The van der Waals surface area contributed by atoms with Crippen LogP contribution in [-0.2, 0) is 0 Å². The highest BCUT2D eigenvalue weighted by atomic mass is 16.3. The van der Waals surface area contributed by atoms with Crippen LogP contribution in [0, 0.1) is 11.3 Å². The first-order valence-electron chi connectivity index (χ1n) is 5.88. The number of rotatable bonds is 3. The molecule has 0 saturated carbocycles. The summed E-state index contributed by atoms with van der Waals surface area (Å²) in [5.41, 5.74) is 3.01. The predicted molar refractivity (Wildman–Crippen MR) is 65.9 cm³/mol. The summed E-state index contributed by atoms with van der Waals surface area (Å²) in [6, 6.07) is 0. The number of hydrogen-bond donors (Lipinski definition) is 1. The van der Waals surface area contributed by atoms with E-state index in [0.717, 1.165) is 17.9 Å². The van der Waals surface area contributed by atoms with Crippen molar-refractivity contribution in [1.82, 2.24) is 0 Å². The van der Waals surface area contributed by atoms with Crippen LogP contribution in [0.25, 0.3) is 0 Å². The smallest absolute Gasteiger partial charge is 0.0880 e. The van der Waals surface area contributed by atoms with Gasteiger partial charge in [-0.25, -0.2) is 0 Å². The Labute approximate surface area is 93.9 Å². The summed E-state index contributed by atoms with van der Waals surface area (Å²) in [4.78, 5) is 0. The van der Waals surface area contributed by atoms with Crippen molar-refractivity contribution in [2.24, 2.45) is 11.3 Å². The third-order valence-corrected chi connectivity index (χ3v) is 4.23. The second-order valence-electron chi connectivity index (χ2n) is 5.45. The van der Waals surface area contributed by atoms with Gasteiger partial charge in [0.05, 0.1) is 5.76 Å². The molecule has 0 bridgehead atoms. The van der Waals surface area contributed by atoms with Gasteiger partial charge in [0.2, 0.25) is 0 Å². The highest BCUT2D eigenvalue weighted by molar-refractivity contribution is 5.18. The molecule has 86 valence electrons. The van der Waals surface area contributed by atoms with Gasteiger partial charge in [-0.1, -0.05) is 25.5 Å². The van der Waals surface area contributed by atoms with E-state index in [9.17, 15) is 5.11 Å². The Hall–Kier alpha value is -0.720. The van der Waals surface area contributed by atoms with Gasteiger partial charge >= 0.3 is 0 Å². The molecule has 0 unspecified atom stereocenters. The van der Waals surface area contributed by atoms with Crippen molar-refractivity contribution in [1.29, 1.82) is 0 Å². The molecule has 0 amide bonds. The lowest BCUT2D eigenvalue weighted by molar-refractivity contribution is 0.273. The van der Waals surface area contributed by atoms with Crippen LogP contribution in [0.15, 0.2) is 23.0 Å². The van der Waals surface area contributed by atoms with Crippen molar-refractivity contribution in [3.05, 3.63) is 23.0 Å². The van der Waals surface area contributed by atoms with E-state index in [0.29, 0.717) is 11.2 Å². The summed E-state index contributed by atoms with van der Waals surface area (Å²) in [6.07, 6.45) is 5.79. The lowest BCUT2D eigenvalue weighted by atomic mass is 9.75. The summed E-state index contributed by atoms with van der Waals surface area (Å²) in [5.74, 6) is 1.24. The van der Waals surface area contributed by atoms with Gasteiger partial charge in [-0.3, -0.25) is 0 Å². The lowest BCUT2D eigenvalue weighted by Crippen LogP contribution is -2.20. The molecule has 0 fully saturated rings. The number of aliphatic hydroxyl groups is 1. The van der Waals surface area contributed by atoms with Crippen molar-refractivity contribution in [3.63, 3.8) is 0 Å². The molecule has 1 aliphatic carbocycles. The fourth-order valence-electron chi connectivity index (χ4n) is 2.25. The van der Waals surface area contributed by atoms with E-state index in [1.165, 1.54) is 18.4 Å². The molecule has 0 radical (unpaired) electrons. The molecule has 0 heterocycles. The van der Waals surface area contributed by atoms with E-state index >= 15 is 0 Å². The van der Waals surface area contributed by atoms with Gasteiger partial charge in [-0.15, -0.1) is 0 Å². The molecular formula is C14H24O. The largest absolute Gasteiger partial charge is 0.513 e. The zero-order valence-corrected chi connectivity index (χ0v) is 10.7. The number of hydrogen-bond acceptors (Lipinski definition) is 1. The Bertz CT molecular complexity index is 290. The van der Waals surface area contributed by atoms with E-state index in [4.69, 9.17) is 0 Å². The molecule has 15 heavy (non-hydrogen) atoms. The van der Waals surface area contributed by atoms with Gasteiger partial charge in [0, 0.05) is 0 Å². The standard InChI is InChI=1S/C14H24O/c1-10(12(3)15)6-8-13-9-7-11(2)14(13,4)5/h7,13,15H,6,8-9H2,1-5H3/b12-10+/t13-/m1/s1. The maximum atomic E-state index is 9.34. The van der Waals surface area contributed by atoms with Crippen LogP contribution in [-0.4, -0.2) is 5.11 Å². The third kappa shape index (κ3) is 2.64. The third-order valence-electron chi connectivity index (χ3n) is 4.23. The second-order valence-corrected chi connectivity index (χ2v) is 5.45. The summed E-state index contributed by atoms with van der Waals surface area (Å²) >= 11 is 0. The minimum absolute atomic E-state index is 0.351. The molecule has 1 aliphatic rings. The minimum Gasteiger partial charge on any atom is -0.513 e. The summed E-state index contributed by atoms with van der Waals surface area (Å²) in [6.45, 7) is 10.7. The van der Waals surface area contributed by atoms with Gasteiger partial charge in [0.1, 0.15) is 0 Å². The van der Waals surface area contributed by atoms with E-state index in [2.05, 4.69) is 26.8 Å². The maximum Gasteiger partial charge on any atom is 0.0880 e. The van der Waals surface area contributed by atoms with Crippen LogP contribution in [0.3, 0.4) is 0 Å². The first-order valence-corrected chi connectivity index (χ1v) is 5.88. The maximum absolute atomic E-state index is 9.34. The Balaban J connectivity index is 2.53. The Morgan fingerprint density at radius 1 is 1.47 bits per heavy atom. The molecule has 0 saturated heterocycles. The molecule has 1 heteroatoms. The van der Waals surface area contributed by atoms with Crippen LogP contribution in [0.2, 0.25) is 0 Å². The van der Waals surface area contributed by atoms with Crippen molar-refractivity contribution in [3.8, 4) is 0 Å². The number of allylic oxidation sites excluding steroid dienone is 4. The SMILES string of the molecule is CC1=CC[C@@H](CC/C(C)=C(\C)O)C1(C)C. The average Bonchev–Trinajstić information content (AvgIpc) is 2.39. The van der Waals surface area contributed by atoms with Crippen LogP contribution < -0.4 is 0 Å². The second kappa shape index (κ2) is 4.42. The molecule has 1 N–H and O–H groups in total. The monoisotopic (exact) mass is 208 g/mol. The summed E-state index contributed by atoms with van der Waals surface area (Å²) in [7, 11) is 0. The molecule has 1 rings (SSSR count). The van der Waals surface area contributed by atoms with Crippen molar-refractivity contribution in [2.75, 3.05) is 0 Å². The van der Waals surface area contributed by atoms with Crippen LogP contribution in [0.4, 0.5) is 0 Å². The van der Waals surface area contributed by atoms with E-state index in [1.54, 1.807) is 6.92 Å². The predicted octanol–water partition coefficient (Wildman–Crippen LogP) is 4.61. The first-order chi connectivity index (χ1) is 6.85. The van der Waals surface area contributed by atoms with E-state index in [-0.39, 0.29) is 0 Å². The van der Waals surface area contributed by atoms with Crippen molar-refractivity contribution in [2.45, 2.75) is 53.9 Å². The van der Waals surface area contributed by atoms with Crippen LogP contribution in [0.1, 0.15) is 53.9 Å². The normalized spacial score (nSPS) is 26.2. The molecule has 0 spiro atoms. The van der Waals surface area contributed by atoms with Crippen molar-refractivity contribution >= 4 is 0 Å². The van der Waals surface area contributed by atoms with Crippen molar-refractivity contribution < 1.29 is 5.11 Å². The molecular weight excluding hydrogens is 184 g/mol. The average molecular weight is 208 g/mol. The molecule has 0 aromatic heterocycles. The van der Waals surface area contributed by atoms with Gasteiger partial charge < -0.3 is 5.11 Å². The topological polar surface area (TPSA) is 20.2 Å². The zero-order valence-electron chi connectivity index (χ0n) is 10.7. The zero-order chi connectivity index (χ0) is 11.6. The quantitative estimate of drug-likeness (QED) is 0.530. The fourth-order valence-corrected chi connectivity index (χ4v) is 2.25. The number of aliphatic hydroxyl groups excluding tert-OH is 1. The van der Waals surface area contributed by atoms with Gasteiger partial charge in [-0.2, -0.15) is 0 Å². The highest BCUT2D eigenvalue weighted by Crippen LogP contribution is 2.45. The lowest BCUT2D eigenvalue weighted by Gasteiger charge is -2.29. The van der Waals surface area contributed by atoms with Gasteiger partial charge in [0.15, 0.2) is 0 Å². The molecule has 0 aromatic rings. The van der Waals surface area contributed by atoms with Crippen LogP contribution in [0.5, 0.6) is 0 Å². The van der Waals surface area contributed by atoms with Crippen LogP contribution >= 0.6 is 0 Å². The molecule has 0 aromatic carbocycles. The Morgan fingerprint density at radius 2 is 2.07 bits per heavy atom.